The van der Waals surface area contributed by atoms with E-state index in [0.29, 0.717) is 22.1 Å². The molecule has 0 unspecified atom stereocenters. The van der Waals surface area contributed by atoms with E-state index < -0.39 is 5.97 Å². The summed E-state index contributed by atoms with van der Waals surface area (Å²) in [6, 6.07) is 14.3. The van der Waals surface area contributed by atoms with Crippen LogP contribution >= 0.6 is 22.9 Å². The number of rotatable bonds is 5. The molecule has 1 saturated heterocycles. The van der Waals surface area contributed by atoms with Crippen molar-refractivity contribution in [1.82, 2.24) is 10.3 Å². The highest BCUT2D eigenvalue weighted by atomic mass is 35.5. The average molecular weight is 456 g/mol. The Bertz CT molecular complexity index is 1110. The number of carboxylic acid groups (broad SMARTS) is 1. The molecule has 2 aromatic carbocycles. The molecule has 2 N–H and O–H groups in total. The van der Waals surface area contributed by atoms with Crippen LogP contribution in [0.1, 0.15) is 38.6 Å². The molecular formula is C23H22ClN3O3S. The van der Waals surface area contributed by atoms with Crippen LogP contribution in [0.25, 0.3) is 10.6 Å². The van der Waals surface area contributed by atoms with E-state index in [-0.39, 0.29) is 17.5 Å². The fourth-order valence-corrected chi connectivity index (χ4v) is 4.84. The molecule has 160 valence electrons. The van der Waals surface area contributed by atoms with Gasteiger partial charge in [-0.2, -0.15) is 0 Å². The van der Waals surface area contributed by atoms with Crippen LogP contribution in [0.3, 0.4) is 0 Å². The highest BCUT2D eigenvalue weighted by Gasteiger charge is 2.24. The van der Waals surface area contributed by atoms with Gasteiger partial charge in [-0.05, 0) is 50.1 Å². The zero-order chi connectivity index (χ0) is 22.0. The van der Waals surface area contributed by atoms with Gasteiger partial charge in [0.2, 0.25) is 0 Å². The normalized spacial score (nSPS) is 16.2. The van der Waals surface area contributed by atoms with Crippen LogP contribution in [-0.4, -0.2) is 41.1 Å². The minimum absolute atomic E-state index is 0.0183. The highest BCUT2D eigenvalue weighted by Crippen LogP contribution is 2.29. The van der Waals surface area contributed by atoms with E-state index in [1.54, 1.807) is 18.2 Å². The third kappa shape index (κ3) is 4.89. The second-order valence-corrected chi connectivity index (χ2v) is 8.99. The number of nitrogens with one attached hydrogen (secondary N) is 1. The predicted octanol–water partition coefficient (Wildman–Crippen LogP) is 4.87. The van der Waals surface area contributed by atoms with Gasteiger partial charge in [0.1, 0.15) is 9.88 Å². The molecule has 1 aliphatic heterocycles. The molecule has 1 amide bonds. The van der Waals surface area contributed by atoms with E-state index in [2.05, 4.69) is 15.2 Å². The number of thiazole rings is 1. The van der Waals surface area contributed by atoms with Crippen LogP contribution < -0.4 is 10.2 Å². The third-order valence-corrected chi connectivity index (χ3v) is 6.77. The van der Waals surface area contributed by atoms with E-state index in [1.807, 2.05) is 37.3 Å². The fraction of sp³-hybridized carbons (Fsp3) is 0.261. The molecule has 2 heterocycles. The third-order valence-electron chi connectivity index (χ3n) is 5.31. The number of aromatic nitrogens is 1. The SMILES string of the molecule is Cc1nc(-c2ccc(Cl)cc2)sc1C(=O)N[C@H]1CCCN(c2cccc(C(=O)O)c2)C1. The largest absolute Gasteiger partial charge is 0.478 e. The van der Waals surface area contributed by atoms with Crippen molar-refractivity contribution in [2.45, 2.75) is 25.8 Å². The van der Waals surface area contributed by atoms with Crippen molar-refractivity contribution < 1.29 is 14.7 Å². The molecule has 0 radical (unpaired) electrons. The van der Waals surface area contributed by atoms with Crippen molar-refractivity contribution in [2.24, 2.45) is 0 Å². The Morgan fingerprint density at radius 1 is 1.23 bits per heavy atom. The number of hydrogen-bond acceptors (Lipinski definition) is 5. The van der Waals surface area contributed by atoms with Crippen LogP contribution in [0, 0.1) is 6.92 Å². The quantitative estimate of drug-likeness (QED) is 0.573. The van der Waals surface area contributed by atoms with Crippen LogP contribution in [0.4, 0.5) is 5.69 Å². The summed E-state index contributed by atoms with van der Waals surface area (Å²) in [5.41, 5.74) is 2.75. The van der Waals surface area contributed by atoms with Gasteiger partial charge in [-0.25, -0.2) is 9.78 Å². The molecule has 31 heavy (non-hydrogen) atoms. The topological polar surface area (TPSA) is 82.5 Å². The van der Waals surface area contributed by atoms with E-state index in [4.69, 9.17) is 11.6 Å². The van der Waals surface area contributed by atoms with Gasteiger partial charge in [-0.3, -0.25) is 4.79 Å². The van der Waals surface area contributed by atoms with Crippen molar-refractivity contribution in [2.75, 3.05) is 18.0 Å². The maximum Gasteiger partial charge on any atom is 0.335 e. The van der Waals surface area contributed by atoms with E-state index in [1.165, 1.54) is 11.3 Å². The number of amides is 1. The first-order chi connectivity index (χ1) is 14.9. The van der Waals surface area contributed by atoms with Crippen molar-refractivity contribution in [1.29, 1.82) is 0 Å². The molecule has 4 rings (SSSR count). The number of nitrogens with zero attached hydrogens (tertiary/aromatic N) is 2. The van der Waals surface area contributed by atoms with Crippen molar-refractivity contribution >= 4 is 40.5 Å². The Labute approximate surface area is 189 Å². The molecular weight excluding hydrogens is 434 g/mol. The maximum atomic E-state index is 13.0. The summed E-state index contributed by atoms with van der Waals surface area (Å²) in [5, 5.41) is 13.8. The summed E-state index contributed by atoms with van der Waals surface area (Å²) < 4.78 is 0. The Hall–Kier alpha value is -2.90. The number of benzene rings is 2. The van der Waals surface area contributed by atoms with Crippen molar-refractivity contribution in [3.8, 4) is 10.6 Å². The Kier molecular flexibility index (Phi) is 6.25. The van der Waals surface area contributed by atoms with Gasteiger partial charge in [-0.15, -0.1) is 11.3 Å². The number of carboxylic acids is 1. The summed E-state index contributed by atoms with van der Waals surface area (Å²) in [4.78, 5) is 31.5. The van der Waals surface area contributed by atoms with Gasteiger partial charge in [0, 0.05) is 35.4 Å². The lowest BCUT2D eigenvalue weighted by atomic mass is 10.0. The highest BCUT2D eigenvalue weighted by molar-refractivity contribution is 7.17. The predicted molar refractivity (Wildman–Crippen MR) is 123 cm³/mol. The van der Waals surface area contributed by atoms with Gasteiger partial charge in [-0.1, -0.05) is 29.8 Å². The molecule has 3 aromatic rings. The van der Waals surface area contributed by atoms with Crippen molar-refractivity contribution in [3.05, 3.63) is 69.7 Å². The Balaban J connectivity index is 1.45. The number of aryl methyl sites for hydroxylation is 1. The summed E-state index contributed by atoms with van der Waals surface area (Å²) in [6.45, 7) is 3.31. The van der Waals surface area contributed by atoms with Crippen LogP contribution in [0.2, 0.25) is 5.02 Å². The minimum Gasteiger partial charge on any atom is -0.478 e. The van der Waals surface area contributed by atoms with Crippen LogP contribution in [0.15, 0.2) is 48.5 Å². The first kappa shape index (κ1) is 21.3. The molecule has 8 heteroatoms. The molecule has 0 saturated carbocycles. The first-order valence-electron chi connectivity index (χ1n) is 10.0. The second kappa shape index (κ2) is 9.08. The van der Waals surface area contributed by atoms with Gasteiger partial charge >= 0.3 is 5.97 Å². The van der Waals surface area contributed by atoms with E-state index in [0.717, 1.165) is 35.6 Å². The van der Waals surface area contributed by atoms with Gasteiger partial charge in [0.15, 0.2) is 0 Å². The van der Waals surface area contributed by atoms with E-state index >= 15 is 0 Å². The number of hydrogen-bond donors (Lipinski definition) is 2. The van der Waals surface area contributed by atoms with E-state index in [9.17, 15) is 14.7 Å². The zero-order valence-electron chi connectivity index (χ0n) is 17.0. The van der Waals surface area contributed by atoms with Crippen LogP contribution in [-0.2, 0) is 0 Å². The summed E-state index contributed by atoms with van der Waals surface area (Å²) >= 11 is 7.33. The number of aromatic carboxylic acids is 1. The smallest absolute Gasteiger partial charge is 0.335 e. The van der Waals surface area contributed by atoms with Gasteiger partial charge < -0.3 is 15.3 Å². The molecule has 1 atom stereocenters. The molecule has 0 aliphatic carbocycles. The lowest BCUT2D eigenvalue weighted by Gasteiger charge is -2.34. The van der Waals surface area contributed by atoms with Crippen LogP contribution in [0.5, 0.6) is 0 Å². The number of piperidine rings is 1. The minimum atomic E-state index is -0.944. The number of halogens is 1. The molecule has 1 fully saturated rings. The first-order valence-corrected chi connectivity index (χ1v) is 11.2. The molecule has 0 spiro atoms. The number of carbonyl (C=O) groups is 2. The zero-order valence-corrected chi connectivity index (χ0v) is 18.5. The molecule has 1 aromatic heterocycles. The molecule has 6 nitrogen and oxygen atoms in total. The lowest BCUT2D eigenvalue weighted by Crippen LogP contribution is -2.47. The average Bonchev–Trinajstić information content (AvgIpc) is 3.16. The Morgan fingerprint density at radius 3 is 2.74 bits per heavy atom. The fourth-order valence-electron chi connectivity index (χ4n) is 3.74. The van der Waals surface area contributed by atoms with Gasteiger partial charge in [0.05, 0.1) is 11.3 Å². The summed E-state index contributed by atoms with van der Waals surface area (Å²) in [7, 11) is 0. The monoisotopic (exact) mass is 455 g/mol. The lowest BCUT2D eigenvalue weighted by molar-refractivity contribution is 0.0696. The maximum absolute atomic E-state index is 13.0. The summed E-state index contributed by atoms with van der Waals surface area (Å²) in [5.74, 6) is -1.07. The van der Waals surface area contributed by atoms with Gasteiger partial charge in [0.25, 0.3) is 5.91 Å². The van der Waals surface area contributed by atoms with Crippen molar-refractivity contribution in [3.63, 3.8) is 0 Å². The second-order valence-electron chi connectivity index (χ2n) is 7.55. The molecule has 1 aliphatic rings. The standard InChI is InChI=1S/C23H22ClN3O3S/c1-14-20(31-22(25-14)15-7-9-17(24)10-8-15)21(28)26-18-5-3-11-27(13-18)19-6-2-4-16(12-19)23(29)30/h2,4,6-10,12,18H,3,5,11,13H2,1H3,(H,26,28)(H,29,30)/t18-/m0/s1. The number of anilines is 1. The Morgan fingerprint density at radius 2 is 2.00 bits per heavy atom. The number of carbonyl (C=O) groups excluding carboxylic acids is 1. The summed E-state index contributed by atoms with van der Waals surface area (Å²) in [6.07, 6.45) is 1.79. The molecule has 0 bridgehead atoms.